The van der Waals surface area contributed by atoms with Gasteiger partial charge in [-0.3, -0.25) is 0 Å². The molecule has 0 aliphatic heterocycles. The summed E-state index contributed by atoms with van der Waals surface area (Å²) in [4.78, 5) is 0. The van der Waals surface area contributed by atoms with Gasteiger partial charge in [-0.15, -0.1) is 0 Å². The van der Waals surface area contributed by atoms with Crippen LogP contribution in [-0.4, -0.2) is 5.11 Å². The summed E-state index contributed by atoms with van der Waals surface area (Å²) < 4.78 is 6.02. The Balaban J connectivity index is 2.62. The third-order valence-electron chi connectivity index (χ3n) is 0.136. The number of aliphatic hydroxyl groups is 1. The van der Waals surface area contributed by atoms with E-state index >= 15 is 0 Å². The molecule has 0 bridgehead atoms. The van der Waals surface area contributed by atoms with Gasteiger partial charge >= 0.3 is 0 Å². The zero-order valence-corrected chi connectivity index (χ0v) is 2.56. The second-order valence-electron chi connectivity index (χ2n) is 0.469. The highest BCUT2D eigenvalue weighted by Gasteiger charge is 1.35. The quantitative estimate of drug-likeness (QED) is 0.448. The van der Waals surface area contributed by atoms with Crippen LogP contribution < -0.4 is 0 Å². The van der Waals surface area contributed by atoms with E-state index in [1.807, 2.05) is 0 Å². The molecule has 0 fully saturated rings. The lowest BCUT2D eigenvalue weighted by Gasteiger charge is -1.53. The predicted octanol–water partition coefficient (Wildman–Crippen LogP) is 1.08. The molecule has 0 aromatic carbocycles. The van der Waals surface area contributed by atoms with Gasteiger partial charge in [-0.1, -0.05) is 6.08 Å². The molecule has 24 valence electrons. The summed E-state index contributed by atoms with van der Waals surface area (Å²) in [6.07, 6.45) is 2.94. The standard InChI is InChI=1S/C3H6O/c1-2-3-4/h2-4H,1H3/b3-2+/i/hD. The van der Waals surface area contributed by atoms with Crippen molar-refractivity contribution in [2.45, 2.75) is 6.92 Å². The molecule has 4 heavy (non-hydrogen) atoms. The lowest BCUT2D eigenvalue weighted by Crippen LogP contribution is -1.36. The van der Waals surface area contributed by atoms with Crippen molar-refractivity contribution in [3.63, 3.8) is 0 Å². The van der Waals surface area contributed by atoms with Gasteiger partial charge in [0.25, 0.3) is 1.43 Å². The highest BCUT2D eigenvalue weighted by atomic mass is 16.2. The van der Waals surface area contributed by atoms with E-state index in [0.717, 1.165) is 0 Å². The number of rotatable bonds is 1. The fourth-order valence-corrected chi connectivity index (χ4v) is 0. The molecule has 0 aromatic rings. The monoisotopic (exact) mass is 59.0 g/mol. The average molecular weight is 59.1 g/mol. The second kappa shape index (κ2) is 2.54. The molecular weight excluding hydrogens is 52.0 g/mol. The predicted molar refractivity (Wildman–Crippen MR) is 17.4 cm³/mol. The van der Waals surface area contributed by atoms with Crippen molar-refractivity contribution in [2.24, 2.45) is 0 Å². The molecule has 0 atom stereocenters. The van der Waals surface area contributed by atoms with E-state index in [1.54, 1.807) is 13.0 Å². The Morgan fingerprint density at radius 2 is 3.00 bits per heavy atom. The zero-order chi connectivity index (χ0) is 4.12. The van der Waals surface area contributed by atoms with Gasteiger partial charge in [-0.2, -0.15) is 0 Å². The Hall–Kier alpha value is -0.460. The molecule has 0 radical (unpaired) electrons. The first-order valence-electron chi connectivity index (χ1n) is 1.55. The van der Waals surface area contributed by atoms with Gasteiger partial charge in [-0.05, 0) is 6.92 Å². The van der Waals surface area contributed by atoms with Crippen LogP contribution >= 0.6 is 0 Å². The van der Waals surface area contributed by atoms with Crippen molar-refractivity contribution in [1.29, 1.82) is 1.43 Å². The first-order chi connectivity index (χ1) is 2.41. The number of allylic oxidation sites excluding steroid dienone is 1. The summed E-state index contributed by atoms with van der Waals surface area (Å²) in [5, 5.41) is 3.76. The van der Waals surface area contributed by atoms with E-state index < -0.39 is 0 Å². The van der Waals surface area contributed by atoms with Gasteiger partial charge in [0.15, 0.2) is 0 Å². The van der Waals surface area contributed by atoms with E-state index in [2.05, 4.69) is 5.11 Å². The minimum absolute atomic E-state index is 1.29. The average Bonchev–Trinajstić information content (AvgIpc) is 1.41. The largest absolute Gasteiger partial charge is 0.516 e. The lowest BCUT2D eigenvalue weighted by atomic mass is 10.8. The third-order valence-corrected chi connectivity index (χ3v) is 0.136. The van der Waals surface area contributed by atoms with Crippen LogP contribution in [0.3, 0.4) is 0 Å². The van der Waals surface area contributed by atoms with Gasteiger partial charge in [0.05, 0.1) is 6.26 Å². The van der Waals surface area contributed by atoms with E-state index in [0.29, 0.717) is 0 Å². The highest BCUT2D eigenvalue weighted by molar-refractivity contribution is 4.60. The van der Waals surface area contributed by atoms with E-state index in [1.165, 1.54) is 6.26 Å². The zero-order valence-electron chi connectivity index (χ0n) is 3.56. The molecule has 0 unspecified atom stereocenters. The van der Waals surface area contributed by atoms with Crippen molar-refractivity contribution >= 4 is 0 Å². The molecule has 0 heterocycles. The summed E-state index contributed by atoms with van der Waals surface area (Å²) >= 11 is 0. The van der Waals surface area contributed by atoms with Gasteiger partial charge in [0.1, 0.15) is 0 Å². The maximum atomic E-state index is 6.02. The van der Waals surface area contributed by atoms with Crippen LogP contribution in [0.1, 0.15) is 6.92 Å². The van der Waals surface area contributed by atoms with Crippen LogP contribution in [0.5, 0.6) is 0 Å². The Kier molecular flexibility index (Phi) is 1.16. The van der Waals surface area contributed by atoms with E-state index in [9.17, 15) is 0 Å². The highest BCUT2D eigenvalue weighted by Crippen LogP contribution is 1.51. The van der Waals surface area contributed by atoms with Crippen molar-refractivity contribution in [3.8, 4) is 0 Å². The molecule has 1 heteroatoms. The summed E-state index contributed by atoms with van der Waals surface area (Å²) in [5.41, 5.74) is 0. The minimum atomic E-state index is 1.29. The maximum absolute atomic E-state index is 6.02. The molecule has 1 nitrogen and oxygen atoms in total. The topological polar surface area (TPSA) is 20.2 Å². The molecule has 0 amide bonds. The molecule has 0 spiro atoms. The molecule has 1 N–H and O–H groups in total. The maximum Gasteiger partial charge on any atom is 0.292 e. The van der Waals surface area contributed by atoms with Crippen LogP contribution in [0.25, 0.3) is 1.43 Å². The molecule has 0 saturated heterocycles. The molecular formula is C3H6O. The van der Waals surface area contributed by atoms with Crippen LogP contribution in [-0.2, 0) is 0 Å². The fourth-order valence-electron chi connectivity index (χ4n) is 0. The van der Waals surface area contributed by atoms with E-state index in [4.69, 9.17) is 1.43 Å². The van der Waals surface area contributed by atoms with Crippen LogP contribution in [0.15, 0.2) is 12.3 Å². The molecule has 0 aromatic heterocycles. The van der Waals surface area contributed by atoms with Gasteiger partial charge < -0.3 is 5.11 Å². The first kappa shape index (κ1) is 1.82. The third kappa shape index (κ3) is 1.54. The molecule has 0 rings (SSSR count). The number of aliphatic hydroxyl groups excluding tert-OH is 1. The number of hydrogen-bond acceptors (Lipinski definition) is 1. The van der Waals surface area contributed by atoms with Crippen molar-refractivity contribution < 1.29 is 5.11 Å². The number of hydrogen-bond donors (Lipinski definition) is 1. The summed E-state index contributed by atoms with van der Waals surface area (Å²) in [7, 11) is 0. The van der Waals surface area contributed by atoms with Crippen LogP contribution in [0.2, 0.25) is 0 Å². The minimum Gasteiger partial charge on any atom is -0.516 e. The van der Waals surface area contributed by atoms with Crippen molar-refractivity contribution in [2.75, 3.05) is 0 Å². The van der Waals surface area contributed by atoms with Crippen molar-refractivity contribution in [3.05, 3.63) is 12.3 Å². The summed E-state index contributed by atoms with van der Waals surface area (Å²) in [6.45, 7) is 1.79. The van der Waals surface area contributed by atoms with Gasteiger partial charge in [0.2, 0.25) is 0 Å². The lowest BCUT2D eigenvalue weighted by molar-refractivity contribution is 0.472. The van der Waals surface area contributed by atoms with Crippen LogP contribution in [0, 0.1) is 0 Å². The van der Waals surface area contributed by atoms with E-state index in [-0.39, 0.29) is 0 Å². The Morgan fingerprint density at radius 1 is 2.25 bits per heavy atom. The first-order valence-corrected chi connectivity index (χ1v) is 1.15. The molecule has 0 aliphatic rings. The summed E-state index contributed by atoms with van der Waals surface area (Å²) in [6, 6.07) is 0. The second-order valence-corrected chi connectivity index (χ2v) is 0.469. The molecule has 0 saturated carbocycles. The Bertz CT molecular complexity index is 33.9. The van der Waals surface area contributed by atoms with Gasteiger partial charge in [0, 0.05) is 0 Å². The smallest absolute Gasteiger partial charge is 0.292 e. The Morgan fingerprint density at radius 3 is 3.00 bits per heavy atom. The SMILES string of the molecule is [2H]O/C=C/C. The fraction of sp³-hybridized carbons (Fsp3) is 0.333. The normalized spacial score (nSPS) is 11.8. The summed E-state index contributed by atoms with van der Waals surface area (Å²) in [5.74, 6) is 0. The Labute approximate surface area is 27.1 Å². The van der Waals surface area contributed by atoms with Crippen LogP contribution in [0.4, 0.5) is 0 Å². The van der Waals surface area contributed by atoms with Crippen molar-refractivity contribution in [1.82, 2.24) is 0 Å². The molecule has 0 aliphatic carbocycles. The van der Waals surface area contributed by atoms with Gasteiger partial charge in [-0.25, -0.2) is 0 Å².